The van der Waals surface area contributed by atoms with Gasteiger partial charge in [0.2, 0.25) is 5.91 Å². The number of rotatable bonds is 8. The molecule has 0 radical (unpaired) electrons. The van der Waals surface area contributed by atoms with Crippen molar-refractivity contribution in [2.75, 3.05) is 12.4 Å². The van der Waals surface area contributed by atoms with Crippen molar-refractivity contribution >= 4 is 28.8 Å². The van der Waals surface area contributed by atoms with Crippen molar-refractivity contribution in [1.82, 2.24) is 5.32 Å². The van der Waals surface area contributed by atoms with Gasteiger partial charge in [0.25, 0.3) is 0 Å². The molecule has 0 aromatic heterocycles. The van der Waals surface area contributed by atoms with Crippen LogP contribution in [0.4, 0.5) is 4.39 Å². The molecule has 2 unspecified atom stereocenters. The van der Waals surface area contributed by atoms with Gasteiger partial charge in [0.1, 0.15) is 11.1 Å². The number of carbonyl (C=O) groups is 1. The Bertz CT molecular complexity index is 1100. The van der Waals surface area contributed by atoms with Crippen molar-refractivity contribution < 1.29 is 18.8 Å². The third kappa shape index (κ3) is 7.13. The Morgan fingerprint density at radius 3 is 2.42 bits per heavy atom. The Kier molecular flexibility index (Phi) is 9.87. The number of aliphatic hydroxyl groups excluding tert-OH is 1. The van der Waals surface area contributed by atoms with Gasteiger partial charge in [-0.05, 0) is 95.7 Å². The van der Waals surface area contributed by atoms with Gasteiger partial charge >= 0.3 is 0 Å². The first kappa shape index (κ1) is 26.7. The van der Waals surface area contributed by atoms with E-state index in [1.807, 2.05) is 42.5 Å². The molecule has 3 aromatic carbocycles. The van der Waals surface area contributed by atoms with Crippen LogP contribution in [0.5, 0.6) is 0 Å². The Balaban J connectivity index is 1.45. The first-order valence-corrected chi connectivity index (χ1v) is 14.7. The molecule has 2 N–H and O–H groups in total. The second-order valence-electron chi connectivity index (χ2n) is 9.03. The molecule has 1 aliphatic heterocycles. The van der Waals surface area contributed by atoms with Crippen molar-refractivity contribution in [3.8, 4) is 11.1 Å². The van der Waals surface area contributed by atoms with Gasteiger partial charge in [0.05, 0.1) is 11.3 Å². The fraction of sp³-hybridized carbons (Fsp3) is 0.345. The Labute approximate surface area is 219 Å². The number of carbonyl (C=O) groups excluding carboxylic acids is 1. The number of benzene rings is 3. The molecule has 1 aliphatic rings. The van der Waals surface area contributed by atoms with E-state index in [2.05, 4.69) is 17.4 Å². The minimum atomic E-state index is -1.22. The van der Waals surface area contributed by atoms with Crippen molar-refractivity contribution in [2.45, 2.75) is 53.5 Å². The molecule has 0 spiro atoms. The smallest absolute Gasteiger partial charge is 0.233 e. The Morgan fingerprint density at radius 2 is 1.72 bits per heavy atom. The van der Waals surface area contributed by atoms with Gasteiger partial charge in [-0.1, -0.05) is 42.5 Å². The van der Waals surface area contributed by atoms with Gasteiger partial charge in [-0.25, -0.2) is 4.39 Å². The number of halogens is 1. The molecular formula is C29H32FNO3S2. The van der Waals surface area contributed by atoms with Crippen LogP contribution in [0, 0.1) is 5.82 Å². The van der Waals surface area contributed by atoms with E-state index < -0.39 is 17.2 Å². The SMILES string of the molecule is O=C(N[C@@H](CCO)c1ccc(F)cc1)[C@H]1CC([S+]([O-])c2ccc(-c3ccccc3)cc2)CCCCS1. The summed E-state index contributed by atoms with van der Waals surface area (Å²) >= 11 is 0.390. The summed E-state index contributed by atoms with van der Waals surface area (Å²) in [4.78, 5) is 14.1. The largest absolute Gasteiger partial charge is 0.611 e. The highest BCUT2D eigenvalue weighted by molar-refractivity contribution is 8.00. The zero-order chi connectivity index (χ0) is 25.3. The lowest BCUT2D eigenvalue weighted by atomic mass is 10.0. The zero-order valence-electron chi connectivity index (χ0n) is 20.1. The maximum Gasteiger partial charge on any atom is 0.233 e. The Hall–Kier alpha value is -2.32. The van der Waals surface area contributed by atoms with Crippen molar-refractivity contribution in [1.29, 1.82) is 0 Å². The van der Waals surface area contributed by atoms with Crippen molar-refractivity contribution in [3.05, 3.63) is 90.2 Å². The highest BCUT2D eigenvalue weighted by Gasteiger charge is 2.33. The molecule has 1 amide bonds. The van der Waals surface area contributed by atoms with Gasteiger partial charge < -0.3 is 15.0 Å². The molecular weight excluding hydrogens is 493 g/mol. The summed E-state index contributed by atoms with van der Waals surface area (Å²) in [5, 5.41) is 12.1. The van der Waals surface area contributed by atoms with E-state index >= 15 is 0 Å². The van der Waals surface area contributed by atoms with Crippen LogP contribution in [0.1, 0.15) is 43.7 Å². The molecule has 1 heterocycles. The lowest BCUT2D eigenvalue weighted by Crippen LogP contribution is -2.39. The van der Waals surface area contributed by atoms with Crippen molar-refractivity contribution in [2.24, 2.45) is 0 Å². The third-order valence-corrected chi connectivity index (χ3v) is 9.62. The number of nitrogens with one attached hydrogen (secondary N) is 1. The summed E-state index contributed by atoms with van der Waals surface area (Å²) in [6, 6.07) is 23.6. The molecule has 4 nitrogen and oxygen atoms in total. The molecule has 4 atom stereocenters. The molecule has 0 aliphatic carbocycles. The number of hydrogen-bond donors (Lipinski definition) is 2. The minimum absolute atomic E-state index is 0.0915. The predicted molar refractivity (Wildman–Crippen MR) is 146 cm³/mol. The normalized spacial score (nSPS) is 20.1. The summed E-state index contributed by atoms with van der Waals surface area (Å²) in [7, 11) is 0. The number of hydrogen-bond acceptors (Lipinski definition) is 4. The third-order valence-electron chi connectivity index (χ3n) is 6.51. The van der Waals surface area contributed by atoms with Crippen LogP contribution in [-0.4, -0.2) is 38.4 Å². The van der Waals surface area contributed by atoms with E-state index in [1.54, 1.807) is 23.9 Å². The van der Waals surface area contributed by atoms with Crippen LogP contribution in [-0.2, 0) is 16.0 Å². The highest BCUT2D eigenvalue weighted by Crippen LogP contribution is 2.32. The molecule has 0 bridgehead atoms. The predicted octanol–water partition coefficient (Wildman–Crippen LogP) is 5.88. The van der Waals surface area contributed by atoms with Crippen LogP contribution in [0.3, 0.4) is 0 Å². The van der Waals surface area contributed by atoms with Gasteiger partial charge in [0, 0.05) is 13.0 Å². The maximum absolute atomic E-state index is 13.6. The molecule has 36 heavy (non-hydrogen) atoms. The average Bonchev–Trinajstić information content (AvgIpc) is 2.89. The van der Waals surface area contributed by atoms with Crippen LogP contribution in [0.15, 0.2) is 83.8 Å². The van der Waals surface area contributed by atoms with E-state index in [9.17, 15) is 18.8 Å². The van der Waals surface area contributed by atoms with Crippen LogP contribution in [0.25, 0.3) is 11.1 Å². The average molecular weight is 526 g/mol. The summed E-state index contributed by atoms with van der Waals surface area (Å²) in [6.45, 7) is -0.0915. The first-order valence-electron chi connectivity index (χ1n) is 12.4. The van der Waals surface area contributed by atoms with Gasteiger partial charge in [0.15, 0.2) is 4.90 Å². The molecule has 7 heteroatoms. The van der Waals surface area contributed by atoms with E-state index in [1.165, 1.54) is 12.1 Å². The summed E-state index contributed by atoms with van der Waals surface area (Å²) in [5.74, 6) is 0.418. The van der Waals surface area contributed by atoms with Crippen molar-refractivity contribution in [3.63, 3.8) is 0 Å². The Morgan fingerprint density at radius 1 is 1.03 bits per heavy atom. The highest BCUT2D eigenvalue weighted by atomic mass is 32.2. The number of thioether (sulfide) groups is 1. The summed E-state index contributed by atoms with van der Waals surface area (Å²) in [5.41, 5.74) is 2.96. The zero-order valence-corrected chi connectivity index (χ0v) is 21.8. The summed E-state index contributed by atoms with van der Waals surface area (Å²) < 4.78 is 26.9. The monoisotopic (exact) mass is 525 g/mol. The van der Waals surface area contributed by atoms with Gasteiger partial charge in [-0.3, -0.25) is 4.79 Å². The second kappa shape index (κ2) is 13.3. The molecule has 1 saturated heterocycles. The summed E-state index contributed by atoms with van der Waals surface area (Å²) in [6.07, 6.45) is 3.65. The quantitative estimate of drug-likeness (QED) is 0.360. The number of aliphatic hydroxyl groups is 1. The number of amides is 1. The van der Waals surface area contributed by atoms with E-state index in [0.717, 1.165) is 46.6 Å². The first-order chi connectivity index (χ1) is 17.5. The molecule has 190 valence electrons. The van der Waals surface area contributed by atoms with E-state index in [0.29, 0.717) is 12.8 Å². The fourth-order valence-corrected chi connectivity index (χ4v) is 7.42. The fourth-order valence-electron chi connectivity index (χ4n) is 4.52. The van der Waals surface area contributed by atoms with Crippen LogP contribution >= 0.6 is 11.8 Å². The standard InChI is InChI=1S/C29H32FNO3S2/c30-24-13-9-23(10-14-24)27(17-18-32)31-29(33)28-20-26(8-4-5-19-35-28)36(34)25-15-11-22(12-16-25)21-6-2-1-3-7-21/h1-3,6-7,9-16,26-28,32H,4-5,8,17-20H2,(H,31,33)/t26?,27-,28+,36?/m0/s1. The van der Waals surface area contributed by atoms with Gasteiger partial charge in [-0.2, -0.15) is 0 Å². The van der Waals surface area contributed by atoms with Crippen LogP contribution < -0.4 is 5.32 Å². The molecule has 1 fully saturated rings. The van der Waals surface area contributed by atoms with E-state index in [-0.39, 0.29) is 28.8 Å². The molecule has 4 rings (SSSR count). The lowest BCUT2D eigenvalue weighted by Gasteiger charge is -2.28. The van der Waals surface area contributed by atoms with Crippen LogP contribution in [0.2, 0.25) is 0 Å². The minimum Gasteiger partial charge on any atom is -0.611 e. The van der Waals surface area contributed by atoms with Gasteiger partial charge in [-0.15, -0.1) is 11.8 Å². The lowest BCUT2D eigenvalue weighted by molar-refractivity contribution is -0.121. The maximum atomic E-state index is 13.6. The molecule has 0 saturated carbocycles. The molecule has 3 aromatic rings. The van der Waals surface area contributed by atoms with E-state index in [4.69, 9.17) is 0 Å². The second-order valence-corrected chi connectivity index (χ2v) is 12.1. The topological polar surface area (TPSA) is 72.4 Å².